The Morgan fingerprint density at radius 3 is 2.73 bits per heavy atom. The lowest BCUT2D eigenvalue weighted by Crippen LogP contribution is -2.34. The summed E-state index contributed by atoms with van der Waals surface area (Å²) in [6.07, 6.45) is -1.10. The van der Waals surface area contributed by atoms with Gasteiger partial charge in [0.05, 0.1) is 24.5 Å². The second kappa shape index (κ2) is 6.26. The standard InChI is InChI=1S/C15H19FN2O3S/c1-22-6-4-17(5-7-22)14-3-2-11(8-13(14)16)18-9-12(10-19)21-15(18)20/h2-3,8,12,19H,1,4-7,9-10H2. The highest BCUT2D eigenvalue weighted by atomic mass is 32.2. The molecule has 0 saturated carbocycles. The fourth-order valence-electron chi connectivity index (χ4n) is 2.68. The summed E-state index contributed by atoms with van der Waals surface area (Å²) >= 11 is 0. The second-order valence-corrected chi connectivity index (χ2v) is 7.48. The summed E-state index contributed by atoms with van der Waals surface area (Å²) in [7, 11) is 0.185. The Kier molecular flexibility index (Phi) is 4.35. The zero-order valence-corrected chi connectivity index (χ0v) is 13.0. The molecule has 1 aromatic carbocycles. The molecule has 0 radical (unpaired) electrons. The summed E-state index contributed by atoms with van der Waals surface area (Å²) in [5, 5.41) is 9.05. The molecule has 0 aromatic heterocycles. The van der Waals surface area contributed by atoms with E-state index in [1.807, 2.05) is 4.90 Å². The van der Waals surface area contributed by atoms with Crippen LogP contribution in [-0.4, -0.2) is 60.9 Å². The van der Waals surface area contributed by atoms with Crippen LogP contribution >= 0.6 is 10.5 Å². The summed E-state index contributed by atoms with van der Waals surface area (Å²) in [5.41, 5.74) is 1.02. The van der Waals surface area contributed by atoms with Gasteiger partial charge in [-0.3, -0.25) is 4.90 Å². The molecule has 2 aliphatic rings. The fraction of sp³-hybridized carbons (Fsp3) is 0.467. The molecule has 5 nitrogen and oxygen atoms in total. The molecule has 0 aliphatic carbocycles. The van der Waals surface area contributed by atoms with Gasteiger partial charge in [-0.1, -0.05) is 5.87 Å². The van der Waals surface area contributed by atoms with Crippen LogP contribution in [0.25, 0.3) is 0 Å². The van der Waals surface area contributed by atoms with Crippen molar-refractivity contribution in [2.45, 2.75) is 6.10 Å². The number of aliphatic hydroxyl groups is 1. The topological polar surface area (TPSA) is 53.0 Å². The summed E-state index contributed by atoms with van der Waals surface area (Å²) < 4.78 is 19.4. The fourth-order valence-corrected chi connectivity index (χ4v) is 3.84. The van der Waals surface area contributed by atoms with Crippen molar-refractivity contribution in [1.82, 2.24) is 0 Å². The number of ether oxygens (including phenoxy) is 1. The summed E-state index contributed by atoms with van der Waals surface area (Å²) in [6, 6.07) is 4.78. The van der Waals surface area contributed by atoms with Crippen molar-refractivity contribution in [3.8, 4) is 0 Å². The molecule has 2 aliphatic heterocycles. The van der Waals surface area contributed by atoms with Crippen molar-refractivity contribution in [1.29, 1.82) is 0 Å². The Morgan fingerprint density at radius 2 is 2.14 bits per heavy atom. The van der Waals surface area contributed by atoms with Gasteiger partial charge in [0.15, 0.2) is 0 Å². The molecule has 22 heavy (non-hydrogen) atoms. The minimum Gasteiger partial charge on any atom is -0.441 e. The van der Waals surface area contributed by atoms with E-state index in [9.17, 15) is 9.18 Å². The summed E-state index contributed by atoms with van der Waals surface area (Å²) in [4.78, 5) is 15.1. The minimum atomic E-state index is -0.551. The molecular formula is C15H19FN2O3S. The predicted octanol–water partition coefficient (Wildman–Crippen LogP) is 1.66. The molecule has 3 rings (SSSR count). The highest BCUT2D eigenvalue weighted by Gasteiger charge is 2.32. The number of rotatable bonds is 3. The van der Waals surface area contributed by atoms with E-state index in [1.165, 1.54) is 11.0 Å². The van der Waals surface area contributed by atoms with E-state index in [-0.39, 0.29) is 29.5 Å². The average molecular weight is 326 g/mol. The minimum absolute atomic E-state index is 0.185. The maximum atomic E-state index is 14.4. The van der Waals surface area contributed by atoms with Crippen LogP contribution < -0.4 is 9.80 Å². The third-order valence-electron chi connectivity index (χ3n) is 3.96. The van der Waals surface area contributed by atoms with Crippen molar-refractivity contribution < 1.29 is 19.0 Å². The van der Waals surface area contributed by atoms with Gasteiger partial charge in [-0.2, -0.15) is 10.5 Å². The van der Waals surface area contributed by atoms with Crippen molar-refractivity contribution in [3.05, 3.63) is 24.0 Å². The van der Waals surface area contributed by atoms with Crippen molar-refractivity contribution in [2.24, 2.45) is 0 Å². The van der Waals surface area contributed by atoms with Crippen LogP contribution in [0.1, 0.15) is 0 Å². The summed E-state index contributed by atoms with van der Waals surface area (Å²) in [5.74, 6) is 5.69. The van der Waals surface area contributed by atoms with Gasteiger partial charge in [0.25, 0.3) is 0 Å². The third-order valence-corrected chi connectivity index (χ3v) is 5.48. The zero-order chi connectivity index (χ0) is 15.7. The smallest absolute Gasteiger partial charge is 0.414 e. The first-order chi connectivity index (χ1) is 10.6. The Bertz CT molecular complexity index is 600. The molecule has 0 spiro atoms. The number of hydrogen-bond donors (Lipinski definition) is 1. The normalized spacial score (nSPS) is 23.0. The molecule has 1 unspecified atom stereocenters. The molecule has 1 amide bonds. The summed E-state index contributed by atoms with van der Waals surface area (Å²) in [6.45, 7) is 1.62. The molecule has 120 valence electrons. The van der Waals surface area contributed by atoms with E-state index >= 15 is 0 Å². The maximum Gasteiger partial charge on any atom is 0.414 e. The van der Waals surface area contributed by atoms with Gasteiger partial charge in [-0.25, -0.2) is 9.18 Å². The highest BCUT2D eigenvalue weighted by molar-refractivity contribution is 8.14. The number of nitrogens with zero attached hydrogens (tertiary/aromatic N) is 2. The first-order valence-corrected chi connectivity index (χ1v) is 8.92. The maximum absolute atomic E-state index is 14.4. The quantitative estimate of drug-likeness (QED) is 0.859. The van der Waals surface area contributed by atoms with E-state index < -0.39 is 12.2 Å². The number of hydrogen-bond acceptors (Lipinski definition) is 4. The SMILES string of the molecule is C=S1CCN(c2ccc(N3CC(CO)OC3=O)cc2F)CC1. The average Bonchev–Trinajstić information content (AvgIpc) is 2.89. The van der Waals surface area contributed by atoms with Crippen molar-refractivity contribution in [3.63, 3.8) is 0 Å². The Balaban J connectivity index is 1.78. The van der Waals surface area contributed by atoms with E-state index in [1.54, 1.807) is 12.1 Å². The van der Waals surface area contributed by atoms with Gasteiger partial charge in [-0.05, 0) is 18.2 Å². The molecule has 2 heterocycles. The zero-order valence-electron chi connectivity index (χ0n) is 12.2. The van der Waals surface area contributed by atoms with Crippen molar-refractivity contribution >= 4 is 33.8 Å². The molecule has 2 saturated heterocycles. The predicted molar refractivity (Wildman–Crippen MR) is 87.8 cm³/mol. The first kappa shape index (κ1) is 15.3. The lowest BCUT2D eigenvalue weighted by molar-refractivity contribution is 0.0963. The number of aliphatic hydroxyl groups excluding tert-OH is 1. The van der Waals surface area contributed by atoms with Gasteiger partial charge >= 0.3 is 6.09 Å². The number of amides is 1. The van der Waals surface area contributed by atoms with Crippen LogP contribution in [0, 0.1) is 5.82 Å². The molecular weight excluding hydrogens is 307 g/mol. The largest absolute Gasteiger partial charge is 0.441 e. The number of carbonyl (C=O) groups is 1. The van der Waals surface area contributed by atoms with E-state index in [2.05, 4.69) is 5.87 Å². The second-order valence-electron chi connectivity index (χ2n) is 5.44. The number of carbonyl (C=O) groups excluding carboxylic acids is 1. The van der Waals surface area contributed by atoms with Crippen LogP contribution in [0.5, 0.6) is 0 Å². The third kappa shape index (κ3) is 2.96. The molecule has 1 atom stereocenters. The van der Waals surface area contributed by atoms with Gasteiger partial charge < -0.3 is 14.7 Å². The first-order valence-electron chi connectivity index (χ1n) is 7.19. The number of halogens is 1. The van der Waals surface area contributed by atoms with Crippen LogP contribution in [0.4, 0.5) is 20.6 Å². The Hall–Kier alpha value is -1.60. The molecule has 1 N–H and O–H groups in total. The lowest BCUT2D eigenvalue weighted by Gasteiger charge is -2.31. The van der Waals surface area contributed by atoms with Crippen LogP contribution in [0.3, 0.4) is 0 Å². The molecule has 1 aromatic rings. The molecule has 0 bridgehead atoms. The number of anilines is 2. The van der Waals surface area contributed by atoms with Crippen molar-refractivity contribution in [2.75, 3.05) is 47.5 Å². The van der Waals surface area contributed by atoms with Crippen LogP contribution in [0.2, 0.25) is 0 Å². The van der Waals surface area contributed by atoms with Gasteiger partial charge in [0.1, 0.15) is 11.9 Å². The molecule has 2 fully saturated rings. The van der Waals surface area contributed by atoms with E-state index in [4.69, 9.17) is 9.84 Å². The number of cyclic esters (lactones) is 1. The Morgan fingerprint density at radius 1 is 1.41 bits per heavy atom. The number of benzene rings is 1. The van der Waals surface area contributed by atoms with Crippen LogP contribution in [-0.2, 0) is 4.74 Å². The van der Waals surface area contributed by atoms with Crippen LogP contribution in [0.15, 0.2) is 18.2 Å². The lowest BCUT2D eigenvalue weighted by atomic mass is 10.2. The highest BCUT2D eigenvalue weighted by Crippen LogP contribution is 2.29. The molecule has 7 heteroatoms. The van der Waals surface area contributed by atoms with E-state index in [0.29, 0.717) is 11.4 Å². The monoisotopic (exact) mass is 326 g/mol. The van der Waals surface area contributed by atoms with Gasteiger partial charge in [0, 0.05) is 24.6 Å². The van der Waals surface area contributed by atoms with E-state index in [0.717, 1.165) is 24.6 Å². The van der Waals surface area contributed by atoms with Gasteiger partial charge in [0.2, 0.25) is 0 Å². The Labute approximate surface area is 131 Å². The van der Waals surface area contributed by atoms with Gasteiger partial charge in [-0.15, -0.1) is 0 Å².